The molecule has 0 aliphatic rings. The normalized spacial score (nSPS) is 13.1. The Balaban J connectivity index is 2.43. The first-order chi connectivity index (χ1) is 9.34. The van der Waals surface area contributed by atoms with E-state index in [9.17, 15) is 9.90 Å². The van der Waals surface area contributed by atoms with Gasteiger partial charge in [-0.15, -0.1) is 0 Å². The van der Waals surface area contributed by atoms with Gasteiger partial charge in [0.1, 0.15) is 0 Å². The molecule has 112 valence electrons. The van der Waals surface area contributed by atoms with Crippen molar-refractivity contribution in [3.63, 3.8) is 0 Å². The van der Waals surface area contributed by atoms with Crippen molar-refractivity contribution in [1.29, 1.82) is 0 Å². The van der Waals surface area contributed by atoms with Gasteiger partial charge in [0.05, 0.1) is 6.10 Å². The van der Waals surface area contributed by atoms with Crippen molar-refractivity contribution in [2.24, 2.45) is 5.41 Å². The molecule has 0 radical (unpaired) electrons. The molecule has 1 aromatic carbocycles. The van der Waals surface area contributed by atoms with E-state index in [1.165, 1.54) is 5.56 Å². The molecule has 0 saturated heterocycles. The molecular weight excluding hydrogens is 250 g/mol. The van der Waals surface area contributed by atoms with Gasteiger partial charge < -0.3 is 10.4 Å². The molecule has 20 heavy (non-hydrogen) atoms. The lowest BCUT2D eigenvalue weighted by molar-refractivity contribution is 0.0551. The largest absolute Gasteiger partial charge is 0.393 e. The second-order valence-electron chi connectivity index (χ2n) is 6.37. The third kappa shape index (κ3) is 5.33. The zero-order chi connectivity index (χ0) is 15.2. The summed E-state index contributed by atoms with van der Waals surface area (Å²) in [5.41, 5.74) is 1.79. The molecule has 3 nitrogen and oxygen atoms in total. The molecule has 0 aliphatic carbocycles. The molecule has 3 heteroatoms. The van der Waals surface area contributed by atoms with Crippen molar-refractivity contribution in [3.8, 4) is 0 Å². The van der Waals surface area contributed by atoms with E-state index in [2.05, 4.69) is 12.2 Å². The molecule has 2 N–H and O–H groups in total. The molecule has 0 spiro atoms. The first kappa shape index (κ1) is 16.7. The van der Waals surface area contributed by atoms with Crippen molar-refractivity contribution >= 4 is 5.91 Å². The number of aliphatic hydroxyl groups is 1. The number of rotatable bonds is 6. The number of nitrogens with one attached hydrogen (secondary N) is 1. The number of carbonyl (C=O) groups is 1. The minimum absolute atomic E-state index is 0.0749. The summed E-state index contributed by atoms with van der Waals surface area (Å²) in [5.74, 6) is -0.0749. The smallest absolute Gasteiger partial charge is 0.251 e. The fourth-order valence-electron chi connectivity index (χ4n) is 1.97. The van der Waals surface area contributed by atoms with Gasteiger partial charge >= 0.3 is 0 Å². The fraction of sp³-hybridized carbons (Fsp3) is 0.588. The Kier molecular flexibility index (Phi) is 6.21. The van der Waals surface area contributed by atoms with E-state index >= 15 is 0 Å². The van der Waals surface area contributed by atoms with Gasteiger partial charge in [0.15, 0.2) is 0 Å². The summed E-state index contributed by atoms with van der Waals surface area (Å²) in [4.78, 5) is 12.0. The summed E-state index contributed by atoms with van der Waals surface area (Å²) in [6.07, 6.45) is 2.31. The van der Waals surface area contributed by atoms with Gasteiger partial charge in [-0.3, -0.25) is 4.79 Å². The van der Waals surface area contributed by atoms with Crippen LogP contribution in [0.4, 0.5) is 0 Å². The SMILES string of the molecule is CCCc1ccc(C(=O)NCCC(O)C(C)(C)C)cc1. The summed E-state index contributed by atoms with van der Waals surface area (Å²) in [6.45, 7) is 8.61. The number of aliphatic hydroxyl groups excluding tert-OH is 1. The number of carbonyl (C=O) groups excluding carboxylic acids is 1. The number of benzene rings is 1. The number of hydrogen-bond acceptors (Lipinski definition) is 2. The summed E-state index contributed by atoms with van der Waals surface area (Å²) in [5, 5.41) is 12.8. The van der Waals surface area contributed by atoms with E-state index in [-0.39, 0.29) is 11.3 Å². The van der Waals surface area contributed by atoms with E-state index < -0.39 is 6.10 Å². The molecule has 1 unspecified atom stereocenters. The lowest BCUT2D eigenvalue weighted by Crippen LogP contribution is -2.32. The molecular formula is C17H27NO2. The van der Waals surface area contributed by atoms with Crippen LogP contribution in [-0.4, -0.2) is 23.7 Å². The quantitative estimate of drug-likeness (QED) is 0.839. The molecule has 1 aromatic rings. The highest BCUT2D eigenvalue weighted by atomic mass is 16.3. The first-order valence-electron chi connectivity index (χ1n) is 7.39. The van der Waals surface area contributed by atoms with E-state index in [4.69, 9.17) is 0 Å². The average Bonchev–Trinajstić information content (AvgIpc) is 2.38. The van der Waals surface area contributed by atoms with Gasteiger partial charge in [-0.2, -0.15) is 0 Å². The monoisotopic (exact) mass is 277 g/mol. The van der Waals surface area contributed by atoms with E-state index in [0.717, 1.165) is 12.8 Å². The molecule has 0 bridgehead atoms. The van der Waals surface area contributed by atoms with E-state index in [0.29, 0.717) is 18.5 Å². The van der Waals surface area contributed by atoms with E-state index in [1.807, 2.05) is 45.0 Å². The molecule has 1 atom stereocenters. The number of hydrogen-bond donors (Lipinski definition) is 2. The lowest BCUT2D eigenvalue weighted by Gasteiger charge is -2.25. The molecule has 0 aromatic heterocycles. The van der Waals surface area contributed by atoms with Crippen molar-refractivity contribution in [1.82, 2.24) is 5.32 Å². The Hall–Kier alpha value is -1.35. The summed E-state index contributed by atoms with van der Waals surface area (Å²) < 4.78 is 0. The first-order valence-corrected chi connectivity index (χ1v) is 7.39. The second-order valence-corrected chi connectivity index (χ2v) is 6.37. The molecule has 0 saturated carbocycles. The minimum Gasteiger partial charge on any atom is -0.393 e. The highest BCUT2D eigenvalue weighted by Crippen LogP contribution is 2.20. The third-order valence-corrected chi connectivity index (χ3v) is 3.46. The molecule has 0 aliphatic heterocycles. The second kappa shape index (κ2) is 7.44. The van der Waals surface area contributed by atoms with Gasteiger partial charge in [-0.1, -0.05) is 46.2 Å². The molecule has 1 rings (SSSR count). The Morgan fingerprint density at radius 3 is 2.35 bits per heavy atom. The summed E-state index contributed by atoms with van der Waals surface area (Å²) in [6, 6.07) is 7.73. The van der Waals surface area contributed by atoms with Gasteiger partial charge in [-0.05, 0) is 36.0 Å². The molecule has 0 heterocycles. The summed E-state index contributed by atoms with van der Waals surface area (Å²) in [7, 11) is 0. The zero-order valence-corrected chi connectivity index (χ0v) is 13.1. The zero-order valence-electron chi connectivity index (χ0n) is 13.1. The van der Waals surface area contributed by atoms with Gasteiger partial charge in [-0.25, -0.2) is 0 Å². The van der Waals surface area contributed by atoms with Crippen molar-refractivity contribution < 1.29 is 9.90 Å². The maximum Gasteiger partial charge on any atom is 0.251 e. The minimum atomic E-state index is -0.408. The Bertz CT molecular complexity index is 418. The predicted molar refractivity (Wildman–Crippen MR) is 82.8 cm³/mol. The standard InChI is InChI=1S/C17H27NO2/c1-5-6-13-7-9-14(10-8-13)16(20)18-12-11-15(19)17(2,3)4/h7-10,15,19H,5-6,11-12H2,1-4H3,(H,18,20). The van der Waals surface area contributed by atoms with Gasteiger partial charge in [0, 0.05) is 12.1 Å². The topological polar surface area (TPSA) is 49.3 Å². The van der Waals surface area contributed by atoms with E-state index in [1.54, 1.807) is 0 Å². The number of amides is 1. The maximum atomic E-state index is 12.0. The van der Waals surface area contributed by atoms with Crippen molar-refractivity contribution in [2.45, 2.75) is 53.1 Å². The van der Waals surface area contributed by atoms with Crippen LogP contribution in [0.5, 0.6) is 0 Å². The van der Waals surface area contributed by atoms with Crippen molar-refractivity contribution in [3.05, 3.63) is 35.4 Å². The maximum absolute atomic E-state index is 12.0. The van der Waals surface area contributed by atoms with Crippen LogP contribution in [0.25, 0.3) is 0 Å². The lowest BCUT2D eigenvalue weighted by atomic mass is 9.87. The highest BCUT2D eigenvalue weighted by molar-refractivity contribution is 5.94. The average molecular weight is 277 g/mol. The van der Waals surface area contributed by atoms with Crippen LogP contribution in [-0.2, 0) is 6.42 Å². The fourth-order valence-corrected chi connectivity index (χ4v) is 1.97. The Morgan fingerprint density at radius 2 is 1.85 bits per heavy atom. The van der Waals surface area contributed by atoms with Crippen LogP contribution in [0, 0.1) is 5.41 Å². The van der Waals surface area contributed by atoms with Crippen LogP contribution in [0.2, 0.25) is 0 Å². The van der Waals surface area contributed by atoms with Crippen LogP contribution < -0.4 is 5.32 Å². The van der Waals surface area contributed by atoms with Crippen molar-refractivity contribution in [2.75, 3.05) is 6.54 Å². The molecule has 0 fully saturated rings. The Labute approximate surface area is 122 Å². The van der Waals surface area contributed by atoms with Gasteiger partial charge in [0.2, 0.25) is 0 Å². The Morgan fingerprint density at radius 1 is 1.25 bits per heavy atom. The van der Waals surface area contributed by atoms with Gasteiger partial charge in [0.25, 0.3) is 5.91 Å². The third-order valence-electron chi connectivity index (χ3n) is 3.46. The predicted octanol–water partition coefficient (Wildman–Crippen LogP) is 3.17. The number of aryl methyl sites for hydroxylation is 1. The van der Waals surface area contributed by atoms with Crippen LogP contribution >= 0.6 is 0 Å². The van der Waals surface area contributed by atoms with Crippen LogP contribution in [0.3, 0.4) is 0 Å². The summed E-state index contributed by atoms with van der Waals surface area (Å²) >= 11 is 0. The van der Waals surface area contributed by atoms with Crippen LogP contribution in [0.1, 0.15) is 56.5 Å². The highest BCUT2D eigenvalue weighted by Gasteiger charge is 2.21. The molecule has 1 amide bonds. The van der Waals surface area contributed by atoms with Crippen LogP contribution in [0.15, 0.2) is 24.3 Å².